The van der Waals surface area contributed by atoms with E-state index in [1.165, 1.54) is 0 Å². The highest BCUT2D eigenvalue weighted by molar-refractivity contribution is 7.99. The smallest absolute Gasteiger partial charge is 0.126 e. The van der Waals surface area contributed by atoms with Crippen LogP contribution in [-0.2, 0) is 6.54 Å². The normalized spacial score (nSPS) is 12.8. The zero-order valence-corrected chi connectivity index (χ0v) is 10.3. The third-order valence-corrected chi connectivity index (χ3v) is 3.37. The molecule has 1 rings (SSSR count). The number of rotatable bonds is 5. The number of halogens is 1. The fourth-order valence-electron chi connectivity index (χ4n) is 1.25. The van der Waals surface area contributed by atoms with E-state index in [-0.39, 0.29) is 5.82 Å². The molecule has 0 radical (unpaired) electrons. The van der Waals surface area contributed by atoms with Crippen molar-refractivity contribution >= 4 is 11.8 Å². The summed E-state index contributed by atoms with van der Waals surface area (Å²) in [6.07, 6.45) is 2.10. The minimum Gasteiger partial charge on any atom is -0.312 e. The number of thioether (sulfide) groups is 1. The van der Waals surface area contributed by atoms with Gasteiger partial charge in [-0.15, -0.1) is 0 Å². The van der Waals surface area contributed by atoms with Crippen LogP contribution in [0.25, 0.3) is 0 Å². The number of hydrogen-bond acceptors (Lipinski definition) is 2. The van der Waals surface area contributed by atoms with Gasteiger partial charge in [0, 0.05) is 18.3 Å². The Kier molecular flexibility index (Phi) is 5.12. The van der Waals surface area contributed by atoms with E-state index in [1.807, 2.05) is 23.9 Å². The predicted octanol–water partition coefficient (Wildman–Crippen LogP) is 2.98. The average Bonchev–Trinajstić information content (AvgIpc) is 2.23. The molecule has 0 spiro atoms. The molecule has 0 bridgehead atoms. The second-order valence-electron chi connectivity index (χ2n) is 3.76. The summed E-state index contributed by atoms with van der Waals surface area (Å²) in [7, 11) is 0. The van der Waals surface area contributed by atoms with Crippen LogP contribution >= 0.6 is 11.8 Å². The Bertz CT molecular complexity index is 314. The van der Waals surface area contributed by atoms with Gasteiger partial charge in [0.2, 0.25) is 0 Å². The molecule has 1 unspecified atom stereocenters. The number of aryl methyl sites for hydroxylation is 1. The minimum atomic E-state index is -0.118. The van der Waals surface area contributed by atoms with Crippen molar-refractivity contribution < 1.29 is 4.39 Å². The van der Waals surface area contributed by atoms with Crippen LogP contribution in [-0.4, -0.2) is 18.1 Å². The topological polar surface area (TPSA) is 12.0 Å². The monoisotopic (exact) mass is 227 g/mol. The maximum absolute atomic E-state index is 13.2. The highest BCUT2D eigenvalue weighted by atomic mass is 32.2. The summed E-state index contributed by atoms with van der Waals surface area (Å²) in [5, 5.41) is 3.91. The summed E-state index contributed by atoms with van der Waals surface area (Å²) in [4.78, 5) is 0. The van der Waals surface area contributed by atoms with Gasteiger partial charge in [-0.1, -0.05) is 19.1 Å². The Labute approximate surface area is 95.5 Å². The maximum atomic E-state index is 13.2. The van der Waals surface area contributed by atoms with Gasteiger partial charge in [-0.05, 0) is 30.4 Å². The first-order chi connectivity index (χ1) is 7.13. The first-order valence-electron chi connectivity index (χ1n) is 5.12. The third kappa shape index (κ3) is 4.22. The zero-order valence-electron chi connectivity index (χ0n) is 9.51. The fraction of sp³-hybridized carbons (Fsp3) is 0.500. The van der Waals surface area contributed by atoms with Gasteiger partial charge >= 0.3 is 0 Å². The predicted molar refractivity (Wildman–Crippen MR) is 65.8 cm³/mol. The highest BCUT2D eigenvalue weighted by Crippen LogP contribution is 2.09. The lowest BCUT2D eigenvalue weighted by Gasteiger charge is -2.10. The molecule has 0 aromatic heterocycles. The van der Waals surface area contributed by atoms with Crippen LogP contribution in [0.15, 0.2) is 18.2 Å². The largest absolute Gasteiger partial charge is 0.312 e. The van der Waals surface area contributed by atoms with E-state index in [0.717, 1.165) is 18.7 Å². The molecular formula is C12H18FNS. The highest BCUT2D eigenvalue weighted by Gasteiger charge is 2.01. The van der Waals surface area contributed by atoms with Gasteiger partial charge in [0.15, 0.2) is 0 Å². The van der Waals surface area contributed by atoms with Crippen molar-refractivity contribution in [2.45, 2.75) is 25.6 Å². The van der Waals surface area contributed by atoms with Crippen LogP contribution in [0.5, 0.6) is 0 Å². The quantitative estimate of drug-likeness (QED) is 0.830. The number of hydrogen-bond donors (Lipinski definition) is 1. The van der Waals surface area contributed by atoms with Crippen LogP contribution in [0, 0.1) is 12.7 Å². The van der Waals surface area contributed by atoms with Crippen LogP contribution in [0.4, 0.5) is 4.39 Å². The third-order valence-electron chi connectivity index (χ3n) is 2.40. The van der Waals surface area contributed by atoms with Crippen LogP contribution < -0.4 is 5.32 Å². The maximum Gasteiger partial charge on any atom is 0.126 e. The molecule has 0 saturated carbocycles. The van der Waals surface area contributed by atoms with E-state index in [4.69, 9.17) is 0 Å². The molecule has 0 heterocycles. The summed E-state index contributed by atoms with van der Waals surface area (Å²) < 4.78 is 13.2. The summed E-state index contributed by atoms with van der Waals surface area (Å²) >= 11 is 1.83. The van der Waals surface area contributed by atoms with Crippen molar-refractivity contribution in [2.24, 2.45) is 0 Å². The lowest BCUT2D eigenvalue weighted by Crippen LogP contribution is -2.22. The van der Waals surface area contributed by atoms with Gasteiger partial charge in [-0.3, -0.25) is 0 Å². The molecule has 1 N–H and O–H groups in total. The first kappa shape index (κ1) is 12.5. The Balaban J connectivity index is 2.41. The van der Waals surface area contributed by atoms with E-state index < -0.39 is 0 Å². The Morgan fingerprint density at radius 1 is 1.47 bits per heavy atom. The van der Waals surface area contributed by atoms with Crippen LogP contribution in [0.2, 0.25) is 0 Å². The summed E-state index contributed by atoms with van der Waals surface area (Å²) in [5.41, 5.74) is 1.71. The zero-order chi connectivity index (χ0) is 11.3. The van der Waals surface area contributed by atoms with Crippen LogP contribution in [0.1, 0.15) is 18.1 Å². The summed E-state index contributed by atoms with van der Waals surface area (Å²) in [6, 6.07) is 5.39. The second kappa shape index (κ2) is 6.13. The van der Waals surface area contributed by atoms with Gasteiger partial charge in [0.1, 0.15) is 5.82 Å². The van der Waals surface area contributed by atoms with E-state index >= 15 is 0 Å². The molecule has 0 aliphatic heterocycles. The lowest BCUT2D eigenvalue weighted by atomic mass is 10.1. The van der Waals surface area contributed by atoms with Gasteiger partial charge in [-0.25, -0.2) is 4.39 Å². The number of benzene rings is 1. The lowest BCUT2D eigenvalue weighted by molar-refractivity contribution is 0.611. The molecule has 15 heavy (non-hydrogen) atoms. The van der Waals surface area contributed by atoms with Crippen molar-refractivity contribution in [3.63, 3.8) is 0 Å². The SMILES string of the molecule is CSC(C)CNCc1ccc(C)c(F)c1. The molecule has 0 saturated heterocycles. The number of nitrogens with one attached hydrogen (secondary N) is 1. The molecule has 84 valence electrons. The van der Waals surface area contributed by atoms with E-state index in [9.17, 15) is 4.39 Å². The van der Waals surface area contributed by atoms with Gasteiger partial charge < -0.3 is 5.32 Å². The van der Waals surface area contributed by atoms with E-state index in [1.54, 1.807) is 13.0 Å². The fourth-order valence-corrected chi connectivity index (χ4v) is 1.53. The molecule has 1 aromatic carbocycles. The van der Waals surface area contributed by atoms with Crippen molar-refractivity contribution in [1.82, 2.24) is 5.32 Å². The molecule has 1 nitrogen and oxygen atoms in total. The Hall–Kier alpha value is -0.540. The average molecular weight is 227 g/mol. The summed E-state index contributed by atoms with van der Waals surface area (Å²) in [5.74, 6) is -0.118. The van der Waals surface area contributed by atoms with Gasteiger partial charge in [0.05, 0.1) is 0 Å². The molecule has 1 atom stereocenters. The van der Waals surface area contributed by atoms with Crippen molar-refractivity contribution in [1.29, 1.82) is 0 Å². The molecular weight excluding hydrogens is 209 g/mol. The van der Waals surface area contributed by atoms with Crippen LogP contribution in [0.3, 0.4) is 0 Å². The molecule has 0 amide bonds. The Morgan fingerprint density at radius 3 is 2.80 bits per heavy atom. The van der Waals surface area contributed by atoms with E-state index in [0.29, 0.717) is 10.8 Å². The van der Waals surface area contributed by atoms with Crippen molar-refractivity contribution in [2.75, 3.05) is 12.8 Å². The molecule has 1 aromatic rings. The molecule has 3 heteroatoms. The van der Waals surface area contributed by atoms with Gasteiger partial charge in [-0.2, -0.15) is 11.8 Å². The molecule has 0 aliphatic rings. The molecule has 0 aliphatic carbocycles. The van der Waals surface area contributed by atoms with Gasteiger partial charge in [0.25, 0.3) is 0 Å². The van der Waals surface area contributed by atoms with Crippen molar-refractivity contribution in [3.8, 4) is 0 Å². The standard InChI is InChI=1S/C12H18FNS/c1-9-4-5-11(6-12(9)13)8-14-7-10(2)15-3/h4-6,10,14H,7-8H2,1-3H3. The second-order valence-corrected chi connectivity index (χ2v) is 5.04. The molecule has 0 fully saturated rings. The first-order valence-corrected chi connectivity index (χ1v) is 6.41. The van der Waals surface area contributed by atoms with Crippen molar-refractivity contribution in [3.05, 3.63) is 35.1 Å². The Morgan fingerprint density at radius 2 is 2.20 bits per heavy atom. The van der Waals surface area contributed by atoms with E-state index in [2.05, 4.69) is 18.5 Å². The summed E-state index contributed by atoms with van der Waals surface area (Å²) in [6.45, 7) is 5.65. The minimum absolute atomic E-state index is 0.118.